The van der Waals surface area contributed by atoms with Gasteiger partial charge in [-0.25, -0.2) is 0 Å². The van der Waals surface area contributed by atoms with Crippen LogP contribution in [0.5, 0.6) is 0 Å². The Balaban J connectivity index is 2.37. The second-order valence-electron chi connectivity index (χ2n) is 6.14. The average Bonchev–Trinajstić information content (AvgIpc) is 2.58. The maximum absolute atomic E-state index is 10.2. The fourth-order valence-electron chi connectivity index (χ4n) is 3.37. The second kappa shape index (κ2) is 7.85. The van der Waals surface area contributed by atoms with Crippen LogP contribution in [-0.4, -0.2) is 132 Å². The molecule has 0 saturated carbocycles. The first-order valence-electron chi connectivity index (χ1n) is 7.64. The van der Waals surface area contributed by atoms with Crippen molar-refractivity contribution in [2.24, 2.45) is 0 Å². The lowest BCUT2D eigenvalue weighted by molar-refractivity contribution is -0.302. The van der Waals surface area contributed by atoms with Gasteiger partial charge in [-0.3, -0.25) is 4.90 Å². The maximum Gasteiger partial charge on any atom is 0.140 e. The highest BCUT2D eigenvalue weighted by molar-refractivity contribution is 5.04. The fraction of sp³-hybridized carbons (Fsp3) is 1.00. The molecule has 2 aliphatic heterocycles. The molecule has 142 valence electrons. The van der Waals surface area contributed by atoms with Crippen molar-refractivity contribution in [1.29, 1.82) is 0 Å². The van der Waals surface area contributed by atoms with Crippen LogP contribution in [0.25, 0.3) is 0 Å². The summed E-state index contributed by atoms with van der Waals surface area (Å²) in [5.74, 6) is 0. The van der Waals surface area contributed by atoms with Crippen molar-refractivity contribution >= 4 is 0 Å². The summed E-state index contributed by atoms with van der Waals surface area (Å²) in [4.78, 5) is 1.05. The van der Waals surface area contributed by atoms with Crippen molar-refractivity contribution in [1.82, 2.24) is 4.90 Å². The molecule has 0 aromatic carbocycles. The summed E-state index contributed by atoms with van der Waals surface area (Å²) in [5.41, 5.74) is 0. The molecule has 10 atom stereocenters. The largest absolute Gasteiger partial charge is 0.395 e. The van der Waals surface area contributed by atoms with E-state index in [2.05, 4.69) is 0 Å². The third kappa shape index (κ3) is 3.18. The Morgan fingerprint density at radius 1 is 0.583 bits per heavy atom. The molecule has 11 nitrogen and oxygen atoms in total. The summed E-state index contributed by atoms with van der Waals surface area (Å²) in [6.07, 6.45) is -12.6. The summed E-state index contributed by atoms with van der Waals surface area (Å²) in [6.45, 7) is -2.11. The van der Waals surface area contributed by atoms with Crippen LogP contribution in [-0.2, 0) is 4.74 Å². The third-order valence-corrected chi connectivity index (χ3v) is 4.79. The molecule has 2 saturated heterocycles. The summed E-state index contributed by atoms with van der Waals surface area (Å²) in [6, 6.07) is -2.47. The van der Waals surface area contributed by atoms with Crippen molar-refractivity contribution in [2.75, 3.05) is 19.8 Å². The van der Waals surface area contributed by atoms with Gasteiger partial charge >= 0.3 is 0 Å². The lowest BCUT2D eigenvalue weighted by Crippen LogP contribution is -2.75. The number of aliphatic hydroxyl groups excluding tert-OH is 9. The first-order chi connectivity index (χ1) is 11.3. The second-order valence-corrected chi connectivity index (χ2v) is 6.14. The van der Waals surface area contributed by atoms with Gasteiger partial charge in [0.15, 0.2) is 0 Å². The molecular weight excluding hydrogens is 330 g/mol. The van der Waals surface area contributed by atoms with E-state index in [0.29, 0.717) is 0 Å². The zero-order valence-electron chi connectivity index (χ0n) is 12.8. The summed E-state index contributed by atoms with van der Waals surface area (Å²) in [5, 5.41) is 88.2. The number of likely N-dealkylation sites (tertiary alicyclic amines) is 1. The van der Waals surface area contributed by atoms with Gasteiger partial charge in [-0.2, -0.15) is 0 Å². The standard InChI is InChI=1S/C13H25NO10/c15-1-4-7(18)10(21)8(19)5(2-16)14(4)13-12(23)11(22)9(20)6(3-17)24-13/h4-13,15-23H,1-3H2/t4-,5-,6-,7-,8+,9-,10?,11+,12-,13-/m1/s1. The number of piperidine rings is 1. The highest BCUT2D eigenvalue weighted by Gasteiger charge is 2.55. The molecule has 1 unspecified atom stereocenters. The van der Waals surface area contributed by atoms with E-state index < -0.39 is 80.9 Å². The van der Waals surface area contributed by atoms with Crippen molar-refractivity contribution in [2.45, 2.75) is 61.0 Å². The van der Waals surface area contributed by atoms with Crippen molar-refractivity contribution in [3.8, 4) is 0 Å². The molecule has 11 heteroatoms. The van der Waals surface area contributed by atoms with E-state index in [9.17, 15) is 46.0 Å². The molecule has 0 aromatic heterocycles. The first kappa shape index (κ1) is 19.9. The highest BCUT2D eigenvalue weighted by Crippen LogP contribution is 2.32. The maximum atomic E-state index is 10.2. The Bertz CT molecular complexity index is 394. The Morgan fingerprint density at radius 2 is 1.04 bits per heavy atom. The van der Waals surface area contributed by atoms with Crippen LogP contribution < -0.4 is 0 Å². The molecule has 0 radical (unpaired) electrons. The van der Waals surface area contributed by atoms with Crippen LogP contribution in [0.3, 0.4) is 0 Å². The molecule has 0 amide bonds. The Kier molecular flexibility index (Phi) is 6.50. The van der Waals surface area contributed by atoms with E-state index in [-0.39, 0.29) is 0 Å². The average molecular weight is 355 g/mol. The lowest BCUT2D eigenvalue weighted by atomic mass is 9.86. The molecule has 0 aromatic rings. The number of aliphatic hydroxyl groups is 9. The van der Waals surface area contributed by atoms with E-state index >= 15 is 0 Å². The van der Waals surface area contributed by atoms with E-state index in [0.717, 1.165) is 4.90 Å². The molecular formula is C13H25NO10. The van der Waals surface area contributed by atoms with Crippen LogP contribution in [0.15, 0.2) is 0 Å². The molecule has 24 heavy (non-hydrogen) atoms. The molecule has 2 rings (SSSR count). The predicted octanol–water partition coefficient (Wildman–Crippen LogP) is -6.09. The zero-order chi connectivity index (χ0) is 18.2. The normalized spacial score (nSPS) is 50.9. The lowest BCUT2D eigenvalue weighted by Gasteiger charge is -2.54. The molecule has 9 N–H and O–H groups in total. The Hall–Kier alpha value is -0.440. The van der Waals surface area contributed by atoms with E-state index in [1.165, 1.54) is 0 Å². The van der Waals surface area contributed by atoms with Crippen LogP contribution in [0.4, 0.5) is 0 Å². The van der Waals surface area contributed by atoms with Crippen molar-refractivity contribution < 1.29 is 50.7 Å². The van der Waals surface area contributed by atoms with Gasteiger partial charge in [0.05, 0.1) is 31.9 Å². The van der Waals surface area contributed by atoms with Gasteiger partial charge in [0.1, 0.15) is 49.0 Å². The first-order valence-corrected chi connectivity index (χ1v) is 7.64. The minimum Gasteiger partial charge on any atom is -0.395 e. The topological polar surface area (TPSA) is 195 Å². The highest BCUT2D eigenvalue weighted by atomic mass is 16.6. The Labute approximate surface area is 137 Å². The minimum absolute atomic E-state index is 0.684. The minimum atomic E-state index is -1.72. The van der Waals surface area contributed by atoms with Gasteiger partial charge in [0.2, 0.25) is 0 Å². The van der Waals surface area contributed by atoms with E-state index in [1.54, 1.807) is 0 Å². The van der Waals surface area contributed by atoms with Gasteiger partial charge in [-0.15, -0.1) is 0 Å². The molecule has 2 heterocycles. The molecule has 2 fully saturated rings. The molecule has 2 aliphatic rings. The summed E-state index contributed by atoms with van der Waals surface area (Å²) < 4.78 is 5.36. The predicted molar refractivity (Wildman–Crippen MR) is 75.4 cm³/mol. The number of hydrogen-bond donors (Lipinski definition) is 9. The van der Waals surface area contributed by atoms with Gasteiger partial charge in [0.25, 0.3) is 0 Å². The van der Waals surface area contributed by atoms with Gasteiger partial charge in [0, 0.05) is 0 Å². The van der Waals surface area contributed by atoms with Crippen LogP contribution >= 0.6 is 0 Å². The van der Waals surface area contributed by atoms with Crippen molar-refractivity contribution in [3.63, 3.8) is 0 Å². The summed E-state index contributed by atoms with van der Waals surface area (Å²) >= 11 is 0. The van der Waals surface area contributed by atoms with Crippen LogP contribution in [0, 0.1) is 0 Å². The van der Waals surface area contributed by atoms with Crippen LogP contribution in [0.1, 0.15) is 0 Å². The van der Waals surface area contributed by atoms with Gasteiger partial charge in [-0.05, 0) is 0 Å². The number of ether oxygens (including phenoxy) is 1. The quantitative estimate of drug-likeness (QED) is 0.233. The molecule has 0 bridgehead atoms. The molecule has 0 aliphatic carbocycles. The SMILES string of the molecule is OC[C@@H]1[C@H](O)C(O)[C@H](O)[C@@H](CO)N1[C@@H]1O[C@H](CO)[C@@H](O)[C@H](O)[C@H]1O. The summed E-state index contributed by atoms with van der Waals surface area (Å²) in [7, 11) is 0. The number of nitrogens with zero attached hydrogens (tertiary/aromatic N) is 1. The fourth-order valence-corrected chi connectivity index (χ4v) is 3.37. The van der Waals surface area contributed by atoms with Gasteiger partial charge in [-0.1, -0.05) is 0 Å². The monoisotopic (exact) mass is 355 g/mol. The molecule has 0 spiro atoms. The number of hydrogen-bond acceptors (Lipinski definition) is 11. The van der Waals surface area contributed by atoms with Gasteiger partial charge < -0.3 is 50.7 Å². The smallest absolute Gasteiger partial charge is 0.140 e. The van der Waals surface area contributed by atoms with E-state index in [1.807, 2.05) is 0 Å². The third-order valence-electron chi connectivity index (χ3n) is 4.79. The van der Waals surface area contributed by atoms with Crippen LogP contribution in [0.2, 0.25) is 0 Å². The van der Waals surface area contributed by atoms with E-state index in [4.69, 9.17) is 4.74 Å². The van der Waals surface area contributed by atoms with Crippen molar-refractivity contribution in [3.05, 3.63) is 0 Å². The Morgan fingerprint density at radius 3 is 1.46 bits per heavy atom. The number of rotatable bonds is 4. The zero-order valence-corrected chi connectivity index (χ0v) is 12.8.